The highest BCUT2D eigenvalue weighted by Crippen LogP contribution is 2.41. The number of nitro groups is 1. The van der Waals surface area contributed by atoms with Crippen molar-refractivity contribution >= 4 is 29.1 Å². The van der Waals surface area contributed by atoms with Gasteiger partial charge in [0, 0.05) is 32.3 Å². The monoisotopic (exact) mass is 370 g/mol. The van der Waals surface area contributed by atoms with Crippen LogP contribution in [0, 0.1) is 15.9 Å². The molecule has 142 valence electrons. The fraction of sp³-hybridized carbons (Fsp3) is 0.467. The Hall–Kier alpha value is -2.95. The van der Waals surface area contributed by atoms with Crippen molar-refractivity contribution in [3.8, 4) is 0 Å². The number of carbonyl (C=O) groups is 2. The van der Waals surface area contributed by atoms with E-state index in [-0.39, 0.29) is 30.2 Å². The van der Waals surface area contributed by atoms with E-state index in [4.69, 9.17) is 5.11 Å². The predicted octanol–water partition coefficient (Wildman–Crippen LogP) is 1.56. The first-order chi connectivity index (χ1) is 12.3. The lowest BCUT2D eigenvalue weighted by atomic mass is 10.1. The molecule has 0 spiro atoms. The van der Waals surface area contributed by atoms with Crippen LogP contribution < -0.4 is 15.5 Å². The molecule has 11 heteroatoms. The van der Waals surface area contributed by atoms with Gasteiger partial charge in [0.05, 0.1) is 4.92 Å². The summed E-state index contributed by atoms with van der Waals surface area (Å²) >= 11 is 0. The second-order valence-corrected chi connectivity index (χ2v) is 5.70. The number of carboxylic acid groups (broad SMARTS) is 1. The van der Waals surface area contributed by atoms with Crippen LogP contribution in [0.1, 0.15) is 12.8 Å². The van der Waals surface area contributed by atoms with Crippen molar-refractivity contribution in [2.24, 2.45) is 0 Å². The number of rotatable bonds is 7. The lowest BCUT2D eigenvalue weighted by Gasteiger charge is -2.28. The summed E-state index contributed by atoms with van der Waals surface area (Å²) in [5, 5.41) is 24.8. The van der Waals surface area contributed by atoms with Gasteiger partial charge >= 0.3 is 6.09 Å². The van der Waals surface area contributed by atoms with Gasteiger partial charge < -0.3 is 25.4 Å². The van der Waals surface area contributed by atoms with Gasteiger partial charge in [0.25, 0.3) is 5.69 Å². The largest absolute Gasteiger partial charge is 0.465 e. The Bertz CT molecular complexity index is 714. The van der Waals surface area contributed by atoms with E-state index in [1.54, 1.807) is 4.90 Å². The van der Waals surface area contributed by atoms with Crippen molar-refractivity contribution in [1.29, 1.82) is 0 Å². The Labute approximate surface area is 148 Å². The van der Waals surface area contributed by atoms with Gasteiger partial charge in [-0.15, -0.1) is 0 Å². The van der Waals surface area contributed by atoms with Crippen molar-refractivity contribution in [3.05, 3.63) is 28.1 Å². The summed E-state index contributed by atoms with van der Waals surface area (Å²) in [6.07, 6.45) is -0.0102. The second kappa shape index (κ2) is 8.43. The van der Waals surface area contributed by atoms with Crippen LogP contribution in [-0.2, 0) is 9.53 Å². The van der Waals surface area contributed by atoms with Gasteiger partial charge in [0.2, 0.25) is 5.91 Å². The van der Waals surface area contributed by atoms with E-state index >= 15 is 0 Å². The SMILES string of the molecule is COCC(=O)Nc1c(F)ccc([N+](=O)[O-])c1N1CCC[C@H]1CNC(=O)O. The smallest absolute Gasteiger partial charge is 0.404 e. The van der Waals surface area contributed by atoms with E-state index in [0.29, 0.717) is 19.4 Å². The molecule has 1 aromatic rings. The number of anilines is 2. The third-order valence-corrected chi connectivity index (χ3v) is 4.00. The van der Waals surface area contributed by atoms with Crippen molar-refractivity contribution in [2.75, 3.05) is 37.0 Å². The van der Waals surface area contributed by atoms with Crippen molar-refractivity contribution in [2.45, 2.75) is 18.9 Å². The molecule has 1 heterocycles. The topological polar surface area (TPSA) is 134 Å². The summed E-state index contributed by atoms with van der Waals surface area (Å²) in [7, 11) is 1.29. The van der Waals surface area contributed by atoms with Gasteiger partial charge in [0.1, 0.15) is 23.8 Å². The maximum atomic E-state index is 14.4. The molecule has 1 aliphatic heterocycles. The molecular formula is C15H19FN4O6. The van der Waals surface area contributed by atoms with Crippen LogP contribution in [0.4, 0.5) is 26.2 Å². The number of hydrogen-bond acceptors (Lipinski definition) is 6. The number of nitrogens with one attached hydrogen (secondary N) is 2. The maximum absolute atomic E-state index is 14.4. The summed E-state index contributed by atoms with van der Waals surface area (Å²) in [5.41, 5.74) is -0.765. The van der Waals surface area contributed by atoms with Crippen LogP contribution in [-0.4, -0.2) is 54.9 Å². The summed E-state index contributed by atoms with van der Waals surface area (Å²) in [4.78, 5) is 34.9. The van der Waals surface area contributed by atoms with Gasteiger partial charge in [-0.1, -0.05) is 0 Å². The minimum absolute atomic E-state index is 0.0223. The molecule has 10 nitrogen and oxygen atoms in total. The van der Waals surface area contributed by atoms with Crippen LogP contribution in [0.3, 0.4) is 0 Å². The Morgan fingerprint density at radius 2 is 2.23 bits per heavy atom. The number of hydrogen-bond donors (Lipinski definition) is 3. The fourth-order valence-electron chi connectivity index (χ4n) is 2.97. The average molecular weight is 370 g/mol. The van der Waals surface area contributed by atoms with E-state index in [9.17, 15) is 24.1 Å². The highest BCUT2D eigenvalue weighted by Gasteiger charge is 2.34. The standard InChI is InChI=1S/C15H19FN4O6/c1-26-8-12(21)18-13-10(16)4-5-11(20(24)25)14(13)19-6-2-3-9(19)7-17-15(22)23/h4-5,9,17H,2-3,6-8H2,1H3,(H,18,21)(H,22,23)/t9-/m0/s1. The maximum Gasteiger partial charge on any atom is 0.404 e. The molecule has 1 atom stereocenters. The molecule has 0 aromatic heterocycles. The molecule has 0 saturated carbocycles. The quantitative estimate of drug-likeness (QED) is 0.490. The molecule has 0 radical (unpaired) electrons. The lowest BCUT2D eigenvalue weighted by molar-refractivity contribution is -0.384. The lowest BCUT2D eigenvalue weighted by Crippen LogP contribution is -2.40. The van der Waals surface area contributed by atoms with Crippen LogP contribution in [0.25, 0.3) is 0 Å². The first-order valence-electron chi connectivity index (χ1n) is 7.84. The molecule has 1 saturated heterocycles. The van der Waals surface area contributed by atoms with E-state index in [1.165, 1.54) is 7.11 Å². The molecule has 2 amide bonds. The predicted molar refractivity (Wildman–Crippen MR) is 90.0 cm³/mol. The van der Waals surface area contributed by atoms with Crippen LogP contribution in [0.15, 0.2) is 12.1 Å². The Kier molecular flexibility index (Phi) is 6.28. The number of nitrogens with zero attached hydrogens (tertiary/aromatic N) is 2. The molecule has 0 bridgehead atoms. The van der Waals surface area contributed by atoms with Crippen molar-refractivity contribution in [1.82, 2.24) is 5.32 Å². The van der Waals surface area contributed by atoms with Crippen molar-refractivity contribution in [3.63, 3.8) is 0 Å². The summed E-state index contributed by atoms with van der Waals surface area (Å²) < 4.78 is 19.1. The number of amides is 2. The van der Waals surface area contributed by atoms with E-state index < -0.39 is 28.8 Å². The average Bonchev–Trinajstić information content (AvgIpc) is 3.02. The zero-order chi connectivity index (χ0) is 19.3. The molecule has 0 aliphatic carbocycles. The first kappa shape index (κ1) is 19.4. The van der Waals surface area contributed by atoms with E-state index in [2.05, 4.69) is 15.4 Å². The summed E-state index contributed by atoms with van der Waals surface area (Å²) in [6.45, 7) is 0.0451. The Morgan fingerprint density at radius 1 is 1.50 bits per heavy atom. The number of benzene rings is 1. The minimum Gasteiger partial charge on any atom is -0.465 e. The van der Waals surface area contributed by atoms with Crippen molar-refractivity contribution < 1.29 is 28.7 Å². The van der Waals surface area contributed by atoms with Gasteiger partial charge in [-0.2, -0.15) is 0 Å². The van der Waals surface area contributed by atoms with Gasteiger partial charge in [0.15, 0.2) is 0 Å². The molecule has 3 N–H and O–H groups in total. The number of halogens is 1. The molecule has 26 heavy (non-hydrogen) atoms. The zero-order valence-corrected chi connectivity index (χ0v) is 14.0. The molecule has 0 unspecified atom stereocenters. The van der Waals surface area contributed by atoms with Gasteiger partial charge in [-0.05, 0) is 18.9 Å². The third kappa shape index (κ3) is 4.36. The van der Waals surface area contributed by atoms with Crippen LogP contribution in [0.2, 0.25) is 0 Å². The molecule has 1 aromatic carbocycles. The molecule has 2 rings (SSSR count). The highest BCUT2D eigenvalue weighted by molar-refractivity contribution is 5.97. The van der Waals surface area contributed by atoms with E-state index in [1.807, 2.05) is 0 Å². The van der Waals surface area contributed by atoms with E-state index in [0.717, 1.165) is 12.1 Å². The number of methoxy groups -OCH3 is 1. The normalized spacial score (nSPS) is 16.4. The summed E-state index contributed by atoms with van der Waals surface area (Å²) in [5.74, 6) is -1.49. The van der Waals surface area contributed by atoms with Gasteiger partial charge in [-0.25, -0.2) is 9.18 Å². The van der Waals surface area contributed by atoms with Crippen LogP contribution in [0.5, 0.6) is 0 Å². The molecule has 1 fully saturated rings. The minimum atomic E-state index is -1.22. The van der Waals surface area contributed by atoms with Crippen LogP contribution >= 0.6 is 0 Å². The molecular weight excluding hydrogens is 351 g/mol. The Balaban J connectivity index is 2.45. The first-order valence-corrected chi connectivity index (χ1v) is 7.84. The third-order valence-electron chi connectivity index (χ3n) is 4.00. The number of carbonyl (C=O) groups excluding carboxylic acids is 1. The zero-order valence-electron chi connectivity index (χ0n) is 14.0. The number of ether oxygens (including phenoxy) is 1. The second-order valence-electron chi connectivity index (χ2n) is 5.70. The molecule has 1 aliphatic rings. The number of nitro benzene ring substituents is 1. The summed E-state index contributed by atoms with van der Waals surface area (Å²) in [6, 6.07) is 1.53. The Morgan fingerprint density at radius 3 is 2.85 bits per heavy atom. The fourth-order valence-corrected chi connectivity index (χ4v) is 2.97. The van der Waals surface area contributed by atoms with Gasteiger partial charge in [-0.3, -0.25) is 14.9 Å². The highest BCUT2D eigenvalue weighted by atomic mass is 19.1.